The van der Waals surface area contributed by atoms with Crippen LogP contribution >= 0.6 is 28.3 Å². The Morgan fingerprint density at radius 2 is 2.15 bits per heavy atom. The Morgan fingerprint density at radius 3 is 2.80 bits per heavy atom. The third kappa shape index (κ3) is 3.92. The van der Waals surface area contributed by atoms with Gasteiger partial charge in [-0.25, -0.2) is 8.42 Å². The maximum Gasteiger partial charge on any atom is 0.244 e. The lowest BCUT2D eigenvalue weighted by Crippen LogP contribution is -2.44. The molecule has 0 aromatic carbocycles. The fourth-order valence-corrected chi connectivity index (χ4v) is 4.67. The van der Waals surface area contributed by atoms with E-state index in [0.717, 1.165) is 19.3 Å². The van der Waals surface area contributed by atoms with Crippen molar-refractivity contribution < 1.29 is 8.42 Å². The molecule has 0 spiro atoms. The van der Waals surface area contributed by atoms with Crippen LogP contribution in [0.4, 0.5) is 0 Å². The summed E-state index contributed by atoms with van der Waals surface area (Å²) in [6.45, 7) is 1.08. The second-order valence-corrected chi connectivity index (χ2v) is 7.49. The highest BCUT2D eigenvalue weighted by Crippen LogP contribution is 2.27. The van der Waals surface area contributed by atoms with Gasteiger partial charge in [-0.1, -0.05) is 6.42 Å². The fraction of sp³-hybridized carbons (Fsp3) is 0.583. The highest BCUT2D eigenvalue weighted by atomic mass is 79.9. The largest absolute Gasteiger partial charge is 0.330 e. The van der Waals surface area contributed by atoms with Crippen molar-refractivity contribution in [1.82, 2.24) is 9.29 Å². The molecule has 2 heterocycles. The van der Waals surface area contributed by atoms with E-state index in [0.29, 0.717) is 24.0 Å². The highest BCUT2D eigenvalue weighted by molar-refractivity contribution is 9.10. The van der Waals surface area contributed by atoms with Crippen LogP contribution in [0.5, 0.6) is 0 Å². The number of aromatic nitrogens is 1. The van der Waals surface area contributed by atoms with Crippen LogP contribution in [0.2, 0.25) is 0 Å². The van der Waals surface area contributed by atoms with Crippen molar-refractivity contribution in [2.75, 3.05) is 13.1 Å². The Labute approximate surface area is 134 Å². The van der Waals surface area contributed by atoms with E-state index < -0.39 is 10.0 Å². The minimum atomic E-state index is -3.47. The molecule has 1 unspecified atom stereocenters. The molecule has 1 aromatic rings. The molecule has 8 heteroatoms. The molecule has 5 nitrogen and oxygen atoms in total. The minimum Gasteiger partial charge on any atom is -0.330 e. The molecule has 1 fully saturated rings. The number of piperidine rings is 1. The molecular weight excluding hydrogens is 366 g/mol. The minimum absolute atomic E-state index is 0. The van der Waals surface area contributed by atoms with Crippen LogP contribution in [0.3, 0.4) is 0 Å². The lowest BCUT2D eigenvalue weighted by Gasteiger charge is -2.34. The van der Waals surface area contributed by atoms with E-state index >= 15 is 0 Å². The lowest BCUT2D eigenvalue weighted by atomic mass is 10.0. The van der Waals surface area contributed by atoms with Gasteiger partial charge in [0.25, 0.3) is 0 Å². The van der Waals surface area contributed by atoms with Crippen LogP contribution < -0.4 is 5.73 Å². The normalized spacial score (nSPS) is 20.4. The van der Waals surface area contributed by atoms with E-state index in [9.17, 15) is 8.42 Å². The number of halogens is 2. The van der Waals surface area contributed by atoms with Crippen molar-refractivity contribution in [3.05, 3.63) is 22.9 Å². The second kappa shape index (κ2) is 7.70. The highest BCUT2D eigenvalue weighted by Gasteiger charge is 2.33. The van der Waals surface area contributed by atoms with E-state index in [-0.39, 0.29) is 23.3 Å². The average molecular weight is 385 g/mol. The van der Waals surface area contributed by atoms with Crippen molar-refractivity contribution in [2.45, 2.75) is 36.6 Å². The van der Waals surface area contributed by atoms with Gasteiger partial charge in [-0.2, -0.15) is 4.31 Å². The Bertz CT molecular complexity index is 539. The molecule has 0 amide bonds. The summed E-state index contributed by atoms with van der Waals surface area (Å²) in [5, 5.41) is 0. The summed E-state index contributed by atoms with van der Waals surface area (Å²) in [7, 11) is -3.47. The van der Waals surface area contributed by atoms with Gasteiger partial charge in [-0.3, -0.25) is 4.98 Å². The standard InChI is InChI=1S/C12H18BrN3O2S.ClH/c13-10-7-12(9-15-8-10)19(17,18)16-6-2-1-3-11(16)4-5-14;/h7-9,11H,1-6,14H2;1H. The summed E-state index contributed by atoms with van der Waals surface area (Å²) in [6.07, 6.45) is 6.54. The zero-order valence-corrected chi connectivity index (χ0v) is 14.3. The van der Waals surface area contributed by atoms with Gasteiger partial charge in [0.1, 0.15) is 4.90 Å². The number of hydrogen-bond acceptors (Lipinski definition) is 4. The van der Waals surface area contributed by atoms with Crippen LogP contribution in [0.25, 0.3) is 0 Å². The topological polar surface area (TPSA) is 76.3 Å². The van der Waals surface area contributed by atoms with Gasteiger partial charge in [-0.05, 0) is 47.8 Å². The number of pyridine rings is 1. The van der Waals surface area contributed by atoms with E-state index in [2.05, 4.69) is 20.9 Å². The molecule has 2 rings (SSSR count). The van der Waals surface area contributed by atoms with Crippen molar-refractivity contribution >= 4 is 38.4 Å². The van der Waals surface area contributed by atoms with Gasteiger partial charge < -0.3 is 5.73 Å². The van der Waals surface area contributed by atoms with Gasteiger partial charge in [0.05, 0.1) is 0 Å². The van der Waals surface area contributed by atoms with Crippen LogP contribution in [-0.2, 0) is 10.0 Å². The Kier molecular flexibility index (Phi) is 6.87. The van der Waals surface area contributed by atoms with E-state index in [1.54, 1.807) is 16.6 Å². The first-order valence-corrected chi connectivity index (χ1v) is 8.61. The predicted molar refractivity (Wildman–Crippen MR) is 84.4 cm³/mol. The monoisotopic (exact) mass is 383 g/mol. The Morgan fingerprint density at radius 1 is 1.40 bits per heavy atom. The number of rotatable bonds is 4. The van der Waals surface area contributed by atoms with Crippen LogP contribution in [-0.4, -0.2) is 36.8 Å². The third-order valence-electron chi connectivity index (χ3n) is 3.36. The molecule has 1 aromatic heterocycles. The summed E-state index contributed by atoms with van der Waals surface area (Å²) in [4.78, 5) is 4.18. The van der Waals surface area contributed by atoms with E-state index in [1.807, 2.05) is 0 Å². The van der Waals surface area contributed by atoms with Crippen molar-refractivity contribution in [3.8, 4) is 0 Å². The van der Waals surface area contributed by atoms with Crippen LogP contribution in [0.1, 0.15) is 25.7 Å². The molecule has 114 valence electrons. The Balaban J connectivity index is 0.00000200. The molecule has 0 saturated carbocycles. The second-order valence-electron chi connectivity index (χ2n) is 4.68. The number of nitrogens with zero attached hydrogens (tertiary/aromatic N) is 2. The molecule has 0 aliphatic carbocycles. The number of sulfonamides is 1. The van der Waals surface area contributed by atoms with Crippen molar-refractivity contribution in [3.63, 3.8) is 0 Å². The first-order valence-electron chi connectivity index (χ1n) is 6.38. The summed E-state index contributed by atoms with van der Waals surface area (Å²) < 4.78 is 27.6. The predicted octanol–water partition coefficient (Wildman–Crippen LogP) is 2.16. The van der Waals surface area contributed by atoms with Crippen molar-refractivity contribution in [1.29, 1.82) is 0 Å². The third-order valence-corrected chi connectivity index (χ3v) is 5.71. The van der Waals surface area contributed by atoms with E-state index in [1.165, 1.54) is 6.20 Å². The maximum absolute atomic E-state index is 12.6. The number of hydrogen-bond donors (Lipinski definition) is 1. The van der Waals surface area contributed by atoms with Crippen LogP contribution in [0.15, 0.2) is 27.8 Å². The molecule has 1 saturated heterocycles. The molecule has 2 N–H and O–H groups in total. The summed E-state index contributed by atoms with van der Waals surface area (Å²) in [5.41, 5.74) is 5.59. The molecule has 1 atom stereocenters. The molecule has 1 aliphatic heterocycles. The maximum atomic E-state index is 12.6. The number of nitrogens with two attached hydrogens (primary N) is 1. The van der Waals surface area contributed by atoms with Crippen LogP contribution in [0, 0.1) is 0 Å². The SMILES string of the molecule is Cl.NCCC1CCCCN1S(=O)(=O)c1cncc(Br)c1. The fourth-order valence-electron chi connectivity index (χ4n) is 2.44. The molecule has 0 radical (unpaired) electrons. The molecule has 20 heavy (non-hydrogen) atoms. The zero-order valence-electron chi connectivity index (χ0n) is 11.0. The first-order chi connectivity index (χ1) is 9.05. The summed E-state index contributed by atoms with van der Waals surface area (Å²) in [5.74, 6) is 0. The van der Waals surface area contributed by atoms with Gasteiger partial charge >= 0.3 is 0 Å². The molecular formula is C12H19BrClN3O2S. The summed E-state index contributed by atoms with van der Waals surface area (Å²) in [6, 6.07) is 1.61. The smallest absolute Gasteiger partial charge is 0.244 e. The molecule has 0 bridgehead atoms. The van der Waals surface area contributed by atoms with E-state index in [4.69, 9.17) is 5.73 Å². The van der Waals surface area contributed by atoms with Gasteiger partial charge in [0.15, 0.2) is 0 Å². The lowest BCUT2D eigenvalue weighted by molar-refractivity contribution is 0.243. The summed E-state index contributed by atoms with van der Waals surface area (Å²) >= 11 is 3.26. The van der Waals surface area contributed by atoms with Gasteiger partial charge in [0, 0.05) is 29.5 Å². The quantitative estimate of drug-likeness (QED) is 0.863. The average Bonchev–Trinajstić information content (AvgIpc) is 2.39. The van der Waals surface area contributed by atoms with Gasteiger partial charge in [-0.15, -0.1) is 12.4 Å². The Hall–Kier alpha value is -0.210. The first kappa shape index (κ1) is 17.8. The van der Waals surface area contributed by atoms with Gasteiger partial charge in [0.2, 0.25) is 10.0 Å². The molecule has 1 aliphatic rings. The van der Waals surface area contributed by atoms with Crippen molar-refractivity contribution in [2.24, 2.45) is 5.73 Å². The zero-order chi connectivity index (χ0) is 13.9.